The van der Waals surface area contributed by atoms with E-state index in [4.69, 9.17) is 0 Å². The summed E-state index contributed by atoms with van der Waals surface area (Å²) in [5.41, 5.74) is 0. The van der Waals surface area contributed by atoms with E-state index in [0.29, 0.717) is 6.42 Å². The summed E-state index contributed by atoms with van der Waals surface area (Å²) in [6.07, 6.45) is 23.2. The molecule has 0 bridgehead atoms. The molecule has 0 saturated heterocycles. The minimum absolute atomic E-state index is 0. The van der Waals surface area contributed by atoms with Gasteiger partial charge in [-0.3, -0.25) is 6.29 Å². The molecule has 0 aliphatic rings. The number of unbranched alkanes of at least 4 members (excludes halogenated alkanes) is 15. The first-order valence-corrected chi connectivity index (χ1v) is 8.76. The van der Waals surface area contributed by atoms with Crippen molar-refractivity contribution >= 4 is 6.29 Å². The molecule has 1 N–H and O–H groups in total. The number of carbonyl (C=O) groups excluding carboxylic acids is 1. The van der Waals surface area contributed by atoms with Crippen LogP contribution in [0.2, 0.25) is 0 Å². The van der Waals surface area contributed by atoms with Crippen molar-refractivity contribution in [1.82, 2.24) is 0 Å². The van der Waals surface area contributed by atoms with Crippen LogP contribution in [-0.2, 0) is 4.79 Å². The predicted molar refractivity (Wildman–Crippen MR) is 87.2 cm³/mol. The van der Waals surface area contributed by atoms with Crippen LogP contribution in [0.25, 0.3) is 0 Å². The molecule has 0 radical (unpaired) electrons. The van der Waals surface area contributed by atoms with E-state index in [9.17, 15) is 4.79 Å². The maximum atomic E-state index is 10.0. The van der Waals surface area contributed by atoms with Gasteiger partial charge < -0.3 is 10.3 Å². The molecule has 0 aliphatic heterocycles. The van der Waals surface area contributed by atoms with Crippen LogP contribution in [0.5, 0.6) is 0 Å². The van der Waals surface area contributed by atoms with Crippen LogP contribution in [0.1, 0.15) is 110 Å². The molecule has 0 aromatic rings. The summed E-state index contributed by atoms with van der Waals surface area (Å²) in [6, 6.07) is 0. The molecule has 3 heteroatoms. The Labute approximate surface area is 155 Å². The van der Waals surface area contributed by atoms with E-state index in [2.05, 4.69) is 6.92 Å². The molecular formula is C18H36NaO2-. The molecule has 21 heavy (non-hydrogen) atoms. The van der Waals surface area contributed by atoms with Gasteiger partial charge in [0.2, 0.25) is 0 Å². The summed E-state index contributed by atoms with van der Waals surface area (Å²) in [5, 5.41) is 0. The topological polar surface area (TPSA) is 47.1 Å². The van der Waals surface area contributed by atoms with Crippen molar-refractivity contribution < 1.29 is 39.8 Å². The first-order chi connectivity index (χ1) is 9.41. The van der Waals surface area contributed by atoms with E-state index in [-0.39, 0.29) is 35.0 Å². The van der Waals surface area contributed by atoms with Gasteiger partial charge in [0.05, 0.1) is 0 Å². The van der Waals surface area contributed by atoms with Gasteiger partial charge in [0, 0.05) is 0 Å². The summed E-state index contributed by atoms with van der Waals surface area (Å²) in [7, 11) is 0. The van der Waals surface area contributed by atoms with Crippen LogP contribution >= 0.6 is 0 Å². The summed E-state index contributed by atoms with van der Waals surface area (Å²) in [6.45, 7) is 2.28. The Morgan fingerprint density at radius 3 is 1.14 bits per heavy atom. The fraction of sp³-hybridized carbons (Fsp3) is 0.944. The van der Waals surface area contributed by atoms with Crippen molar-refractivity contribution in [1.29, 1.82) is 0 Å². The van der Waals surface area contributed by atoms with Gasteiger partial charge in [0.25, 0.3) is 0 Å². The maximum absolute atomic E-state index is 10.0. The molecule has 0 aromatic heterocycles. The zero-order valence-corrected chi connectivity index (χ0v) is 16.7. The SMILES string of the molecule is CCCCCCCCCCCCCCCCC[C-]=O.[Na+].[OH-]. The molecule has 0 spiro atoms. The zero-order chi connectivity index (χ0) is 14.0. The zero-order valence-electron chi connectivity index (χ0n) is 14.7. The third-order valence-corrected chi connectivity index (χ3v) is 3.88. The fourth-order valence-electron chi connectivity index (χ4n) is 2.57. The molecule has 0 amide bonds. The summed E-state index contributed by atoms with van der Waals surface area (Å²) in [5.74, 6) is 0. The van der Waals surface area contributed by atoms with Gasteiger partial charge in [-0.1, -0.05) is 103 Å². The average molecular weight is 307 g/mol. The Kier molecular flexibility index (Phi) is 32.3. The van der Waals surface area contributed by atoms with Crippen molar-refractivity contribution in [3.63, 3.8) is 0 Å². The Hall–Kier alpha value is 0.630. The molecule has 0 aromatic carbocycles. The van der Waals surface area contributed by atoms with Crippen molar-refractivity contribution in [3.05, 3.63) is 0 Å². The van der Waals surface area contributed by atoms with Crippen LogP contribution in [-0.4, -0.2) is 11.8 Å². The minimum atomic E-state index is 0. The Morgan fingerprint density at radius 1 is 0.571 bits per heavy atom. The van der Waals surface area contributed by atoms with Crippen LogP contribution in [0, 0.1) is 0 Å². The molecule has 0 atom stereocenters. The number of rotatable bonds is 16. The standard InChI is InChI=1S/C18H35O.Na.H2O/c1-2-3-4-5-6-7-8-9-10-11-12-13-14-15-16-17-18-19;;/h2-17H2,1H3;;1H2/q-1;+1;/p-1. The fourth-order valence-corrected chi connectivity index (χ4v) is 2.57. The largest absolute Gasteiger partial charge is 1.00 e. The van der Waals surface area contributed by atoms with Crippen molar-refractivity contribution in [2.75, 3.05) is 0 Å². The van der Waals surface area contributed by atoms with E-state index in [1.807, 2.05) is 6.29 Å². The summed E-state index contributed by atoms with van der Waals surface area (Å²) in [4.78, 5) is 10.0. The van der Waals surface area contributed by atoms with Gasteiger partial charge in [-0.2, -0.15) is 6.42 Å². The first kappa shape index (κ1) is 26.5. The molecule has 0 aliphatic carbocycles. The van der Waals surface area contributed by atoms with Gasteiger partial charge in [0.1, 0.15) is 0 Å². The molecule has 122 valence electrons. The minimum Gasteiger partial charge on any atom is -0.870 e. The van der Waals surface area contributed by atoms with Gasteiger partial charge >= 0.3 is 29.6 Å². The molecule has 2 nitrogen and oxygen atoms in total. The van der Waals surface area contributed by atoms with Gasteiger partial charge in [0.15, 0.2) is 0 Å². The second kappa shape index (κ2) is 25.6. The van der Waals surface area contributed by atoms with E-state index in [0.717, 1.165) is 6.42 Å². The summed E-state index contributed by atoms with van der Waals surface area (Å²) < 4.78 is 0. The molecule has 0 fully saturated rings. The van der Waals surface area contributed by atoms with Gasteiger partial charge in [-0.15, -0.1) is 0 Å². The van der Waals surface area contributed by atoms with E-state index in [1.54, 1.807) is 0 Å². The van der Waals surface area contributed by atoms with Gasteiger partial charge in [-0.05, 0) is 0 Å². The van der Waals surface area contributed by atoms with Crippen LogP contribution in [0.4, 0.5) is 0 Å². The maximum Gasteiger partial charge on any atom is 1.00 e. The predicted octanol–water partition coefficient (Wildman–Crippen LogP) is 3.18. The normalized spacial score (nSPS) is 9.76. The second-order valence-electron chi connectivity index (χ2n) is 5.84. The van der Waals surface area contributed by atoms with E-state index >= 15 is 0 Å². The van der Waals surface area contributed by atoms with Crippen LogP contribution in [0.3, 0.4) is 0 Å². The van der Waals surface area contributed by atoms with Crippen molar-refractivity contribution in [2.45, 2.75) is 110 Å². The van der Waals surface area contributed by atoms with Crippen molar-refractivity contribution in [3.8, 4) is 0 Å². The first-order valence-electron chi connectivity index (χ1n) is 8.76. The van der Waals surface area contributed by atoms with E-state index in [1.165, 1.54) is 89.9 Å². The van der Waals surface area contributed by atoms with Crippen molar-refractivity contribution in [2.24, 2.45) is 0 Å². The Balaban J connectivity index is -0.00000162. The monoisotopic (exact) mass is 307 g/mol. The smallest absolute Gasteiger partial charge is 0.870 e. The summed E-state index contributed by atoms with van der Waals surface area (Å²) >= 11 is 0. The average Bonchev–Trinajstić information content (AvgIpc) is 2.43. The van der Waals surface area contributed by atoms with Gasteiger partial charge in [-0.25, -0.2) is 0 Å². The number of hydrogen-bond donors (Lipinski definition) is 0. The third kappa shape index (κ3) is 25.9. The molecule has 0 rings (SSSR count). The second-order valence-corrected chi connectivity index (χ2v) is 5.84. The van der Waals surface area contributed by atoms with Crippen LogP contribution in [0.15, 0.2) is 0 Å². The molecule has 0 saturated carbocycles. The number of hydrogen-bond acceptors (Lipinski definition) is 2. The van der Waals surface area contributed by atoms with E-state index < -0.39 is 0 Å². The van der Waals surface area contributed by atoms with Crippen LogP contribution < -0.4 is 29.6 Å². The molecule has 0 unspecified atom stereocenters. The quantitative estimate of drug-likeness (QED) is 0.250. The Morgan fingerprint density at radius 2 is 0.857 bits per heavy atom. The Bertz CT molecular complexity index is 175. The molecular weight excluding hydrogens is 271 g/mol. The third-order valence-electron chi connectivity index (χ3n) is 3.88. The molecule has 0 heterocycles.